The Kier molecular flexibility index (Phi) is 3.71. The molecular formula is C16H15ClN2O2. The summed E-state index contributed by atoms with van der Waals surface area (Å²) in [6.07, 6.45) is 0.661. The maximum Gasteiger partial charge on any atom is 0.139 e. The van der Waals surface area contributed by atoms with Crippen LogP contribution in [0.3, 0.4) is 0 Å². The van der Waals surface area contributed by atoms with Crippen LogP contribution in [-0.2, 0) is 0 Å². The van der Waals surface area contributed by atoms with E-state index in [4.69, 9.17) is 16.3 Å². The number of methoxy groups -OCH3 is 1. The van der Waals surface area contributed by atoms with Gasteiger partial charge in [0, 0.05) is 17.5 Å². The summed E-state index contributed by atoms with van der Waals surface area (Å²) in [6.45, 7) is 0. The molecule has 0 saturated heterocycles. The number of phenols is 1. The summed E-state index contributed by atoms with van der Waals surface area (Å²) >= 11 is 5.96. The first-order valence-corrected chi connectivity index (χ1v) is 7.01. The van der Waals surface area contributed by atoms with Gasteiger partial charge in [-0.25, -0.2) is 0 Å². The molecule has 0 aromatic heterocycles. The molecule has 5 heteroatoms. The van der Waals surface area contributed by atoms with Gasteiger partial charge in [0.15, 0.2) is 0 Å². The van der Waals surface area contributed by atoms with Crippen molar-refractivity contribution in [2.24, 2.45) is 5.10 Å². The third kappa shape index (κ3) is 2.54. The molecule has 1 unspecified atom stereocenters. The normalized spacial score (nSPS) is 17.2. The zero-order valence-electron chi connectivity index (χ0n) is 11.5. The van der Waals surface area contributed by atoms with Gasteiger partial charge >= 0.3 is 0 Å². The Bertz CT molecular complexity index is 700. The minimum Gasteiger partial charge on any atom is -0.506 e. The van der Waals surface area contributed by atoms with E-state index in [2.05, 4.69) is 10.5 Å². The molecule has 1 aliphatic rings. The van der Waals surface area contributed by atoms with Crippen LogP contribution < -0.4 is 10.2 Å². The lowest BCUT2D eigenvalue weighted by molar-refractivity contribution is 0.414. The molecule has 108 valence electrons. The number of ether oxygens (including phenoxy) is 1. The Morgan fingerprint density at radius 2 is 2.05 bits per heavy atom. The van der Waals surface area contributed by atoms with Crippen LogP contribution in [0.2, 0.25) is 5.02 Å². The first-order valence-electron chi connectivity index (χ1n) is 6.63. The second kappa shape index (κ2) is 5.66. The van der Waals surface area contributed by atoms with Gasteiger partial charge < -0.3 is 15.3 Å². The highest BCUT2D eigenvalue weighted by atomic mass is 35.5. The fourth-order valence-electron chi connectivity index (χ4n) is 2.49. The smallest absolute Gasteiger partial charge is 0.139 e. The van der Waals surface area contributed by atoms with E-state index in [0.29, 0.717) is 11.4 Å². The average molecular weight is 303 g/mol. The van der Waals surface area contributed by atoms with Gasteiger partial charge in [-0.15, -0.1) is 0 Å². The molecule has 2 N–H and O–H groups in total. The molecule has 0 fully saturated rings. The molecule has 3 rings (SSSR count). The minimum atomic E-state index is -0.0939. The van der Waals surface area contributed by atoms with Crippen LogP contribution in [0.25, 0.3) is 0 Å². The zero-order chi connectivity index (χ0) is 14.8. The van der Waals surface area contributed by atoms with Gasteiger partial charge in [0.25, 0.3) is 0 Å². The van der Waals surface area contributed by atoms with Crippen LogP contribution >= 0.6 is 11.6 Å². The number of phenolic OH excluding ortho intramolecular Hbond substituents is 1. The Balaban J connectivity index is 1.86. The van der Waals surface area contributed by atoms with Crippen molar-refractivity contribution in [1.82, 2.24) is 5.43 Å². The lowest BCUT2D eigenvalue weighted by atomic mass is 9.98. The second-order valence-electron chi connectivity index (χ2n) is 4.82. The maximum atomic E-state index is 10.1. The van der Waals surface area contributed by atoms with Gasteiger partial charge in [-0.2, -0.15) is 5.10 Å². The van der Waals surface area contributed by atoms with Gasteiger partial charge in [0.1, 0.15) is 11.5 Å². The van der Waals surface area contributed by atoms with E-state index in [1.807, 2.05) is 36.4 Å². The van der Waals surface area contributed by atoms with Crippen LogP contribution in [0.15, 0.2) is 47.6 Å². The highest BCUT2D eigenvalue weighted by Crippen LogP contribution is 2.36. The number of nitrogens with one attached hydrogen (secondary N) is 1. The molecule has 0 bridgehead atoms. The van der Waals surface area contributed by atoms with Gasteiger partial charge in [-0.3, -0.25) is 0 Å². The van der Waals surface area contributed by atoms with Gasteiger partial charge in [-0.1, -0.05) is 35.9 Å². The molecule has 21 heavy (non-hydrogen) atoms. The van der Waals surface area contributed by atoms with Crippen molar-refractivity contribution in [3.05, 3.63) is 58.6 Å². The lowest BCUT2D eigenvalue weighted by Gasteiger charge is -2.13. The molecule has 1 aliphatic heterocycles. The molecule has 2 aromatic carbocycles. The summed E-state index contributed by atoms with van der Waals surface area (Å²) in [6, 6.07) is 13.0. The number of benzene rings is 2. The highest BCUT2D eigenvalue weighted by molar-refractivity contribution is 6.32. The molecule has 1 heterocycles. The number of aromatic hydroxyl groups is 1. The predicted octanol–water partition coefficient (Wildman–Crippen LogP) is 3.49. The van der Waals surface area contributed by atoms with E-state index in [0.717, 1.165) is 22.6 Å². The Labute approximate surface area is 128 Å². The predicted molar refractivity (Wildman–Crippen MR) is 83.1 cm³/mol. The quantitative estimate of drug-likeness (QED) is 0.912. The van der Waals surface area contributed by atoms with Crippen molar-refractivity contribution in [2.45, 2.75) is 12.5 Å². The fourth-order valence-corrected chi connectivity index (χ4v) is 2.67. The summed E-state index contributed by atoms with van der Waals surface area (Å²) in [4.78, 5) is 0. The lowest BCUT2D eigenvalue weighted by Crippen LogP contribution is -2.10. The molecule has 0 radical (unpaired) electrons. The van der Waals surface area contributed by atoms with E-state index in [-0.39, 0.29) is 11.8 Å². The number of hydrazone groups is 1. The summed E-state index contributed by atoms with van der Waals surface area (Å²) in [5.74, 6) is 0.891. The number of rotatable bonds is 3. The number of para-hydroxylation sites is 2. The summed E-state index contributed by atoms with van der Waals surface area (Å²) in [5, 5.41) is 14.8. The van der Waals surface area contributed by atoms with Crippen LogP contribution in [0.4, 0.5) is 0 Å². The van der Waals surface area contributed by atoms with Crippen molar-refractivity contribution in [3.63, 3.8) is 0 Å². The van der Waals surface area contributed by atoms with E-state index in [1.165, 1.54) is 0 Å². The molecule has 0 spiro atoms. The third-order valence-corrected chi connectivity index (χ3v) is 3.87. The number of nitrogens with zero attached hydrogens (tertiary/aromatic N) is 1. The van der Waals surface area contributed by atoms with Gasteiger partial charge in [-0.05, 0) is 18.2 Å². The molecule has 4 nitrogen and oxygen atoms in total. The van der Waals surface area contributed by atoms with E-state index in [9.17, 15) is 5.11 Å². The highest BCUT2D eigenvalue weighted by Gasteiger charge is 2.25. The zero-order valence-corrected chi connectivity index (χ0v) is 12.3. The van der Waals surface area contributed by atoms with E-state index < -0.39 is 0 Å². The Morgan fingerprint density at radius 3 is 2.86 bits per heavy atom. The fraction of sp³-hybridized carbons (Fsp3) is 0.188. The molecule has 0 saturated carbocycles. The van der Waals surface area contributed by atoms with Crippen molar-refractivity contribution in [2.75, 3.05) is 7.11 Å². The van der Waals surface area contributed by atoms with Crippen LogP contribution in [0.1, 0.15) is 23.6 Å². The van der Waals surface area contributed by atoms with Gasteiger partial charge in [0.2, 0.25) is 0 Å². The van der Waals surface area contributed by atoms with Crippen molar-refractivity contribution in [3.8, 4) is 11.5 Å². The monoisotopic (exact) mass is 302 g/mol. The van der Waals surface area contributed by atoms with Crippen molar-refractivity contribution < 1.29 is 9.84 Å². The first kappa shape index (κ1) is 13.8. The molecule has 0 aliphatic carbocycles. The Hall–Kier alpha value is -2.20. The van der Waals surface area contributed by atoms with Crippen LogP contribution in [0.5, 0.6) is 11.5 Å². The molecule has 0 amide bonds. The third-order valence-electron chi connectivity index (χ3n) is 3.56. The minimum absolute atomic E-state index is 0.0939. The average Bonchev–Trinajstić information content (AvgIpc) is 2.99. The van der Waals surface area contributed by atoms with Crippen molar-refractivity contribution in [1.29, 1.82) is 0 Å². The Morgan fingerprint density at radius 1 is 1.24 bits per heavy atom. The SMILES string of the molecule is COc1ccccc1C1=NNC(c2cccc(Cl)c2O)C1. The topological polar surface area (TPSA) is 53.8 Å². The number of halogens is 1. The molecular weight excluding hydrogens is 288 g/mol. The number of hydrogen-bond acceptors (Lipinski definition) is 4. The standard InChI is InChI=1S/C16H15ClN2O2/c1-21-15-8-3-2-5-10(15)13-9-14(19-18-13)11-6-4-7-12(17)16(11)20/h2-8,14,19-20H,9H2,1H3. The summed E-state index contributed by atoms with van der Waals surface area (Å²) in [7, 11) is 1.64. The van der Waals surface area contributed by atoms with Crippen molar-refractivity contribution >= 4 is 17.3 Å². The molecule has 1 atom stereocenters. The second-order valence-corrected chi connectivity index (χ2v) is 5.23. The first-order chi connectivity index (χ1) is 10.2. The summed E-state index contributed by atoms with van der Waals surface area (Å²) < 4.78 is 5.36. The number of hydrogen-bond donors (Lipinski definition) is 2. The maximum absolute atomic E-state index is 10.1. The van der Waals surface area contributed by atoms with E-state index >= 15 is 0 Å². The largest absolute Gasteiger partial charge is 0.506 e. The van der Waals surface area contributed by atoms with E-state index in [1.54, 1.807) is 13.2 Å². The van der Waals surface area contributed by atoms with Crippen LogP contribution in [-0.4, -0.2) is 17.9 Å². The van der Waals surface area contributed by atoms with Gasteiger partial charge in [0.05, 0.1) is 23.9 Å². The summed E-state index contributed by atoms with van der Waals surface area (Å²) in [5.41, 5.74) is 5.66. The molecule has 2 aromatic rings. The van der Waals surface area contributed by atoms with Crippen LogP contribution in [0, 0.1) is 0 Å².